The number of rotatable bonds is 5. The largest absolute Gasteiger partial charge is 0.497 e. The number of benzene rings is 1. The average molecular weight is 260 g/mol. The lowest BCUT2D eigenvalue weighted by molar-refractivity contribution is 0.203. The van der Waals surface area contributed by atoms with Gasteiger partial charge in [0.1, 0.15) is 23.4 Å². The van der Waals surface area contributed by atoms with Crippen LogP contribution in [-0.2, 0) is 0 Å². The fourth-order valence-corrected chi connectivity index (χ4v) is 1.87. The number of aromatic nitrogens is 2. The molecule has 1 heterocycles. The summed E-state index contributed by atoms with van der Waals surface area (Å²) in [7, 11) is 3.13. The molecule has 2 rings (SSSR count). The Morgan fingerprint density at radius 3 is 2.79 bits per heavy atom. The minimum atomic E-state index is -0.895. The lowest BCUT2D eigenvalue weighted by Crippen LogP contribution is -2.08. The summed E-state index contributed by atoms with van der Waals surface area (Å²) in [5, 5.41) is 10.4. The third-order valence-electron chi connectivity index (χ3n) is 2.88. The van der Waals surface area contributed by atoms with Gasteiger partial charge < -0.3 is 19.1 Å². The summed E-state index contributed by atoms with van der Waals surface area (Å²) in [5.74, 6) is 1.70. The van der Waals surface area contributed by atoms with Crippen LogP contribution in [-0.4, -0.2) is 28.9 Å². The molecule has 1 atom stereocenters. The molecule has 0 spiro atoms. The number of aliphatic hydroxyl groups is 1. The predicted octanol–water partition coefficient (Wildman–Crippen LogP) is 2.08. The summed E-state index contributed by atoms with van der Waals surface area (Å²) < 4.78 is 12.1. The summed E-state index contributed by atoms with van der Waals surface area (Å²) >= 11 is 0. The molecular formula is C14H16N2O3. The van der Waals surface area contributed by atoms with Gasteiger partial charge in [-0.25, -0.2) is 4.98 Å². The maximum atomic E-state index is 10.4. The molecule has 0 aliphatic carbocycles. The van der Waals surface area contributed by atoms with Crippen molar-refractivity contribution in [2.75, 3.05) is 14.2 Å². The van der Waals surface area contributed by atoms with Gasteiger partial charge in [0, 0.05) is 30.2 Å². The first-order chi connectivity index (χ1) is 9.21. The smallest absolute Gasteiger partial charge is 0.146 e. The third-order valence-corrected chi connectivity index (χ3v) is 2.88. The van der Waals surface area contributed by atoms with Gasteiger partial charge in [0.25, 0.3) is 0 Å². The van der Waals surface area contributed by atoms with Crippen LogP contribution in [0.4, 0.5) is 0 Å². The highest BCUT2D eigenvalue weighted by Gasteiger charge is 2.19. The van der Waals surface area contributed by atoms with Crippen LogP contribution in [0.25, 0.3) is 6.20 Å². The number of imidazole rings is 1. The van der Waals surface area contributed by atoms with E-state index in [0.717, 1.165) is 0 Å². The first kappa shape index (κ1) is 13.2. The highest BCUT2D eigenvalue weighted by molar-refractivity contribution is 5.44. The number of methoxy groups -OCH3 is 2. The van der Waals surface area contributed by atoms with Crippen molar-refractivity contribution in [2.24, 2.45) is 0 Å². The van der Waals surface area contributed by atoms with Crippen LogP contribution in [0.3, 0.4) is 0 Å². The molecule has 0 saturated carbocycles. The van der Waals surface area contributed by atoms with Gasteiger partial charge in [0.15, 0.2) is 0 Å². The van der Waals surface area contributed by atoms with Crippen LogP contribution >= 0.6 is 0 Å². The van der Waals surface area contributed by atoms with Gasteiger partial charge in [-0.1, -0.05) is 6.58 Å². The van der Waals surface area contributed by atoms with Crippen LogP contribution in [0.5, 0.6) is 11.5 Å². The van der Waals surface area contributed by atoms with Crippen LogP contribution in [0, 0.1) is 0 Å². The molecule has 0 fully saturated rings. The molecule has 100 valence electrons. The first-order valence-electron chi connectivity index (χ1n) is 5.76. The Balaban J connectivity index is 2.43. The van der Waals surface area contributed by atoms with Crippen molar-refractivity contribution < 1.29 is 14.6 Å². The van der Waals surface area contributed by atoms with Crippen molar-refractivity contribution in [3.8, 4) is 11.5 Å². The van der Waals surface area contributed by atoms with Gasteiger partial charge in [-0.3, -0.25) is 0 Å². The molecule has 2 aromatic rings. The summed E-state index contributed by atoms with van der Waals surface area (Å²) in [6, 6.07) is 5.24. The van der Waals surface area contributed by atoms with Gasteiger partial charge in [-0.05, 0) is 12.1 Å². The molecule has 0 saturated heterocycles. The highest BCUT2D eigenvalue weighted by atomic mass is 16.5. The van der Waals surface area contributed by atoms with Crippen molar-refractivity contribution in [3.63, 3.8) is 0 Å². The Kier molecular flexibility index (Phi) is 3.87. The van der Waals surface area contributed by atoms with Gasteiger partial charge in [0.2, 0.25) is 0 Å². The Bertz CT molecular complexity index is 578. The highest BCUT2D eigenvalue weighted by Crippen LogP contribution is 2.32. The molecule has 5 heteroatoms. The standard InChI is InChI=1S/C14H16N2O3/c1-4-16-8-7-15-14(16)13(17)11-6-5-10(18-2)9-12(11)19-3/h4-9,13,17H,1H2,2-3H3. The summed E-state index contributed by atoms with van der Waals surface area (Å²) in [6.07, 6.45) is 4.02. The summed E-state index contributed by atoms with van der Waals surface area (Å²) in [6.45, 7) is 3.67. The van der Waals surface area contributed by atoms with E-state index in [1.807, 2.05) is 0 Å². The summed E-state index contributed by atoms with van der Waals surface area (Å²) in [5.41, 5.74) is 0.623. The molecule has 1 aromatic carbocycles. The van der Waals surface area contributed by atoms with Crippen LogP contribution in [0.15, 0.2) is 37.2 Å². The third kappa shape index (κ3) is 2.46. The molecule has 0 aliphatic heterocycles. The van der Waals surface area contributed by atoms with E-state index in [-0.39, 0.29) is 0 Å². The van der Waals surface area contributed by atoms with E-state index in [1.54, 1.807) is 55.6 Å². The van der Waals surface area contributed by atoms with E-state index in [4.69, 9.17) is 9.47 Å². The van der Waals surface area contributed by atoms with Crippen molar-refractivity contribution in [1.29, 1.82) is 0 Å². The molecule has 19 heavy (non-hydrogen) atoms. The molecular weight excluding hydrogens is 244 g/mol. The molecule has 0 radical (unpaired) electrons. The molecule has 1 unspecified atom stereocenters. The molecule has 0 bridgehead atoms. The Morgan fingerprint density at radius 1 is 1.37 bits per heavy atom. The number of hydrogen-bond donors (Lipinski definition) is 1. The van der Waals surface area contributed by atoms with Gasteiger partial charge in [-0.2, -0.15) is 0 Å². The first-order valence-corrected chi connectivity index (χ1v) is 5.76. The lowest BCUT2D eigenvalue weighted by Gasteiger charge is -2.15. The SMILES string of the molecule is C=Cn1ccnc1C(O)c1ccc(OC)cc1OC. The zero-order valence-electron chi connectivity index (χ0n) is 10.9. The molecule has 1 N–H and O–H groups in total. The second kappa shape index (κ2) is 5.58. The second-order valence-corrected chi connectivity index (χ2v) is 3.89. The maximum Gasteiger partial charge on any atom is 0.146 e. The fraction of sp³-hybridized carbons (Fsp3) is 0.214. The van der Waals surface area contributed by atoms with Crippen molar-refractivity contribution in [2.45, 2.75) is 6.10 Å². The number of nitrogens with zero attached hydrogens (tertiary/aromatic N) is 2. The van der Waals surface area contributed by atoms with Crippen LogP contribution in [0.1, 0.15) is 17.5 Å². The minimum Gasteiger partial charge on any atom is -0.497 e. The molecule has 5 nitrogen and oxygen atoms in total. The van der Waals surface area contributed by atoms with E-state index in [2.05, 4.69) is 11.6 Å². The van der Waals surface area contributed by atoms with Crippen molar-refractivity contribution in [1.82, 2.24) is 9.55 Å². The molecule has 0 aliphatic rings. The van der Waals surface area contributed by atoms with Gasteiger partial charge >= 0.3 is 0 Å². The number of hydrogen-bond acceptors (Lipinski definition) is 4. The normalized spacial score (nSPS) is 11.9. The second-order valence-electron chi connectivity index (χ2n) is 3.89. The van der Waals surface area contributed by atoms with E-state index >= 15 is 0 Å². The van der Waals surface area contributed by atoms with Crippen molar-refractivity contribution >= 4 is 6.20 Å². The number of ether oxygens (including phenoxy) is 2. The maximum absolute atomic E-state index is 10.4. The van der Waals surface area contributed by atoms with Gasteiger partial charge in [0.05, 0.1) is 14.2 Å². The van der Waals surface area contributed by atoms with E-state index in [1.165, 1.54) is 0 Å². The van der Waals surface area contributed by atoms with E-state index in [0.29, 0.717) is 22.9 Å². The predicted molar refractivity (Wildman–Crippen MR) is 72.2 cm³/mol. The zero-order chi connectivity index (χ0) is 13.8. The Labute approximate surface area is 111 Å². The minimum absolute atomic E-state index is 0.485. The van der Waals surface area contributed by atoms with Crippen molar-refractivity contribution in [3.05, 3.63) is 48.6 Å². The molecule has 1 aromatic heterocycles. The van der Waals surface area contributed by atoms with E-state index < -0.39 is 6.10 Å². The quantitative estimate of drug-likeness (QED) is 0.894. The monoisotopic (exact) mass is 260 g/mol. The topological polar surface area (TPSA) is 56.5 Å². The van der Waals surface area contributed by atoms with Gasteiger partial charge in [-0.15, -0.1) is 0 Å². The Hall–Kier alpha value is -2.27. The van der Waals surface area contributed by atoms with Crippen LogP contribution < -0.4 is 9.47 Å². The van der Waals surface area contributed by atoms with E-state index in [9.17, 15) is 5.11 Å². The number of aliphatic hydroxyl groups excluding tert-OH is 1. The summed E-state index contributed by atoms with van der Waals surface area (Å²) in [4.78, 5) is 4.14. The zero-order valence-corrected chi connectivity index (χ0v) is 10.9. The van der Waals surface area contributed by atoms with Crippen LogP contribution in [0.2, 0.25) is 0 Å². The average Bonchev–Trinajstić information content (AvgIpc) is 2.94. The molecule has 0 amide bonds. The fourth-order valence-electron chi connectivity index (χ4n) is 1.87. The Morgan fingerprint density at radius 2 is 2.16 bits per heavy atom. The lowest BCUT2D eigenvalue weighted by atomic mass is 10.1.